The van der Waals surface area contributed by atoms with E-state index in [0.717, 1.165) is 0 Å². The highest BCUT2D eigenvalue weighted by atomic mass is 16.7. The van der Waals surface area contributed by atoms with Gasteiger partial charge in [0, 0.05) is 42.0 Å². The average Bonchev–Trinajstić information content (AvgIpc) is 2.87. The number of nitrogens with two attached hydrogens (primary N) is 1. The predicted octanol–water partition coefficient (Wildman–Crippen LogP) is 2.30. The number of fused-ring (bicyclic) bond motifs is 3. The van der Waals surface area contributed by atoms with Crippen molar-refractivity contribution in [1.29, 1.82) is 0 Å². The zero-order chi connectivity index (χ0) is 27.7. The Morgan fingerprint density at radius 3 is 2.42 bits per heavy atom. The summed E-state index contributed by atoms with van der Waals surface area (Å²) in [7, 11) is 1.36. The molecule has 38 heavy (non-hydrogen) atoms. The van der Waals surface area contributed by atoms with Gasteiger partial charge in [-0.2, -0.15) is 0 Å². The standard InChI is InChI=1S/C28H31NO9/c1-11-12(2)37-19(8-16(11)29)38-18-10-28(35,13(3)30)9-15-21(18)27(34)23-22(25(15)32)24(31)14-6-5-7-17(36-4)20(14)26(23)33/h5-7,11-12,16,18-19,32,34-35H,8-10,29H2,1-4H3/t11-,12+,16+,18?,19?,28+/m1/s1. The SMILES string of the molecule is COc1cccc2c1C(=O)c1c(O)c3c(c(O)c1C2=O)C[C@@](O)(C(C)=O)CC3OC1C[C@H](N)[C@H](C)[C@H](C)O1. The monoisotopic (exact) mass is 525 g/mol. The van der Waals surface area contributed by atoms with Gasteiger partial charge in [0.1, 0.15) is 22.8 Å². The molecule has 1 saturated heterocycles. The van der Waals surface area contributed by atoms with Crippen LogP contribution in [0.3, 0.4) is 0 Å². The fourth-order valence-electron chi connectivity index (χ4n) is 5.78. The van der Waals surface area contributed by atoms with Crippen molar-refractivity contribution in [3.63, 3.8) is 0 Å². The lowest BCUT2D eigenvalue weighted by molar-refractivity contribution is -0.236. The highest BCUT2D eigenvalue weighted by Crippen LogP contribution is 2.52. The van der Waals surface area contributed by atoms with Gasteiger partial charge in [-0.3, -0.25) is 14.4 Å². The van der Waals surface area contributed by atoms with Crippen molar-refractivity contribution in [2.75, 3.05) is 7.11 Å². The van der Waals surface area contributed by atoms with Crippen molar-refractivity contribution < 1.29 is 43.9 Å². The summed E-state index contributed by atoms with van der Waals surface area (Å²) in [6, 6.07) is 4.25. The molecule has 1 heterocycles. The zero-order valence-electron chi connectivity index (χ0n) is 21.6. The third-order valence-corrected chi connectivity index (χ3v) is 8.29. The first-order valence-electron chi connectivity index (χ1n) is 12.6. The summed E-state index contributed by atoms with van der Waals surface area (Å²) < 4.78 is 17.4. The van der Waals surface area contributed by atoms with Gasteiger partial charge in [0.15, 0.2) is 17.9 Å². The van der Waals surface area contributed by atoms with E-state index in [2.05, 4.69) is 0 Å². The third-order valence-electron chi connectivity index (χ3n) is 8.29. The number of aromatic hydroxyl groups is 2. The van der Waals surface area contributed by atoms with Gasteiger partial charge in [-0.05, 0) is 25.8 Å². The molecule has 2 aliphatic carbocycles. The molecule has 202 valence electrons. The highest BCUT2D eigenvalue weighted by Gasteiger charge is 2.49. The number of rotatable bonds is 4. The molecule has 0 amide bonds. The van der Waals surface area contributed by atoms with E-state index < -0.39 is 52.4 Å². The number of phenolic OH excluding ortho intramolecular Hbond substituents is 2. The first-order chi connectivity index (χ1) is 17.9. The van der Waals surface area contributed by atoms with Crippen LogP contribution < -0.4 is 10.5 Å². The smallest absolute Gasteiger partial charge is 0.202 e. The van der Waals surface area contributed by atoms with Crippen molar-refractivity contribution in [3.8, 4) is 17.2 Å². The van der Waals surface area contributed by atoms with E-state index in [4.69, 9.17) is 19.9 Å². The van der Waals surface area contributed by atoms with Gasteiger partial charge < -0.3 is 35.3 Å². The van der Waals surface area contributed by atoms with Crippen LogP contribution in [0.1, 0.15) is 82.7 Å². The van der Waals surface area contributed by atoms with Crippen molar-refractivity contribution in [2.45, 2.75) is 70.2 Å². The Labute approximate surface area is 219 Å². The summed E-state index contributed by atoms with van der Waals surface area (Å²) in [6.45, 7) is 5.03. The predicted molar refractivity (Wildman–Crippen MR) is 133 cm³/mol. The summed E-state index contributed by atoms with van der Waals surface area (Å²) in [5, 5.41) is 34.1. The lowest BCUT2D eigenvalue weighted by Gasteiger charge is -2.42. The second-order valence-corrected chi connectivity index (χ2v) is 10.5. The van der Waals surface area contributed by atoms with Crippen molar-refractivity contribution in [2.24, 2.45) is 11.7 Å². The van der Waals surface area contributed by atoms with Crippen LogP contribution in [0.25, 0.3) is 0 Å². The Bertz CT molecular complexity index is 1360. The Morgan fingerprint density at radius 1 is 1.11 bits per heavy atom. The minimum absolute atomic E-state index is 0.00893. The maximum Gasteiger partial charge on any atom is 0.202 e. The zero-order valence-corrected chi connectivity index (χ0v) is 21.6. The third kappa shape index (κ3) is 3.82. The lowest BCUT2D eigenvalue weighted by atomic mass is 9.72. The molecule has 2 aromatic rings. The Kier molecular flexibility index (Phi) is 6.34. The lowest BCUT2D eigenvalue weighted by Crippen LogP contribution is -2.49. The number of carbonyl (C=O) groups is 3. The number of hydrogen-bond acceptors (Lipinski definition) is 10. The molecule has 0 bridgehead atoms. The second-order valence-electron chi connectivity index (χ2n) is 10.5. The molecule has 0 saturated carbocycles. The van der Waals surface area contributed by atoms with Crippen LogP contribution in [0.4, 0.5) is 0 Å². The quantitative estimate of drug-likeness (QED) is 0.371. The van der Waals surface area contributed by atoms with Gasteiger partial charge in [0.05, 0.1) is 36.0 Å². The molecule has 0 aromatic heterocycles. The van der Waals surface area contributed by atoms with Crippen molar-refractivity contribution in [1.82, 2.24) is 0 Å². The molecule has 0 radical (unpaired) electrons. The summed E-state index contributed by atoms with van der Waals surface area (Å²) in [6.07, 6.45) is -2.55. The normalized spacial score (nSPS) is 30.3. The molecular formula is C28H31NO9. The fraction of sp³-hybridized carbons (Fsp3) is 0.464. The van der Waals surface area contributed by atoms with Crippen LogP contribution in [0.5, 0.6) is 17.2 Å². The van der Waals surface area contributed by atoms with E-state index >= 15 is 0 Å². The average molecular weight is 526 g/mol. The summed E-state index contributed by atoms with van der Waals surface area (Å²) in [4.78, 5) is 39.7. The topological polar surface area (TPSA) is 166 Å². The fourth-order valence-corrected chi connectivity index (χ4v) is 5.78. The second kappa shape index (κ2) is 9.16. The maximum atomic E-state index is 13.7. The number of Topliss-reactive ketones (excluding diaryl/α,β-unsaturated/α-hetero) is 1. The largest absolute Gasteiger partial charge is 0.507 e. The molecule has 2 unspecified atom stereocenters. The summed E-state index contributed by atoms with van der Waals surface area (Å²) >= 11 is 0. The number of hydrogen-bond donors (Lipinski definition) is 4. The van der Waals surface area contributed by atoms with E-state index in [1.165, 1.54) is 32.2 Å². The van der Waals surface area contributed by atoms with Gasteiger partial charge >= 0.3 is 0 Å². The molecular weight excluding hydrogens is 494 g/mol. The minimum atomic E-state index is -1.95. The van der Waals surface area contributed by atoms with Crippen molar-refractivity contribution >= 4 is 17.3 Å². The number of phenols is 2. The summed E-state index contributed by atoms with van der Waals surface area (Å²) in [5.41, 5.74) is 3.51. The van der Waals surface area contributed by atoms with Crippen molar-refractivity contribution in [3.05, 3.63) is 51.6 Å². The molecule has 10 heteroatoms. The highest BCUT2D eigenvalue weighted by molar-refractivity contribution is 6.31. The van der Waals surface area contributed by atoms with Crippen LogP contribution in [-0.4, -0.2) is 63.8 Å². The molecule has 5 N–H and O–H groups in total. The number of carbonyl (C=O) groups excluding carboxylic acids is 3. The van der Waals surface area contributed by atoms with Gasteiger partial charge in [0.25, 0.3) is 0 Å². The van der Waals surface area contributed by atoms with Crippen LogP contribution in [0.2, 0.25) is 0 Å². The van der Waals surface area contributed by atoms with Crippen LogP contribution in [0.15, 0.2) is 18.2 Å². The molecule has 5 rings (SSSR count). The van der Waals surface area contributed by atoms with E-state index in [9.17, 15) is 29.7 Å². The number of methoxy groups -OCH3 is 1. The Morgan fingerprint density at radius 2 is 1.79 bits per heavy atom. The number of aliphatic hydroxyl groups is 1. The molecule has 6 atom stereocenters. The first-order valence-corrected chi connectivity index (χ1v) is 12.6. The number of ether oxygens (including phenoxy) is 3. The van der Waals surface area contributed by atoms with Gasteiger partial charge in [0.2, 0.25) is 5.78 Å². The minimum Gasteiger partial charge on any atom is -0.507 e. The van der Waals surface area contributed by atoms with E-state index in [1.54, 1.807) is 0 Å². The number of benzene rings is 2. The summed E-state index contributed by atoms with van der Waals surface area (Å²) in [5.74, 6) is -2.90. The van der Waals surface area contributed by atoms with E-state index in [1.807, 2.05) is 13.8 Å². The van der Waals surface area contributed by atoms with Crippen LogP contribution in [-0.2, 0) is 20.7 Å². The Hall–Kier alpha value is -3.31. The molecule has 0 spiro atoms. The van der Waals surface area contributed by atoms with Gasteiger partial charge in [-0.25, -0.2) is 0 Å². The molecule has 1 fully saturated rings. The van der Waals surface area contributed by atoms with Gasteiger partial charge in [-0.15, -0.1) is 0 Å². The maximum absolute atomic E-state index is 13.7. The molecule has 2 aromatic carbocycles. The van der Waals surface area contributed by atoms with Gasteiger partial charge in [-0.1, -0.05) is 19.1 Å². The first kappa shape index (κ1) is 26.3. The molecule has 1 aliphatic heterocycles. The van der Waals surface area contributed by atoms with E-state index in [-0.39, 0.29) is 64.5 Å². The Balaban J connectivity index is 1.68. The van der Waals surface area contributed by atoms with Crippen LogP contribution >= 0.6 is 0 Å². The van der Waals surface area contributed by atoms with E-state index in [0.29, 0.717) is 6.42 Å². The number of ketones is 3. The van der Waals surface area contributed by atoms with Crippen LogP contribution in [0, 0.1) is 5.92 Å². The molecule has 3 aliphatic rings. The molecule has 10 nitrogen and oxygen atoms in total.